The molecule has 0 spiro atoms. The molecule has 2 amide bonds. The molecule has 2 aromatic carbocycles. The minimum Gasteiger partial charge on any atom is -0.399 e. The van der Waals surface area contributed by atoms with E-state index in [1.54, 1.807) is 48.5 Å². The summed E-state index contributed by atoms with van der Waals surface area (Å²) in [4.78, 5) is 26.7. The Morgan fingerprint density at radius 2 is 1.36 bits per heavy atom. The Morgan fingerprint density at radius 3 is 1.96 bits per heavy atom. The van der Waals surface area contributed by atoms with Crippen LogP contribution in [0.3, 0.4) is 0 Å². The van der Waals surface area contributed by atoms with Gasteiger partial charge >= 0.3 is 0 Å². The first kappa shape index (κ1) is 17.0. The molecule has 0 aliphatic carbocycles. The van der Waals surface area contributed by atoms with Gasteiger partial charge in [-0.2, -0.15) is 0 Å². The number of anilines is 2. The molecule has 5 heteroatoms. The molecule has 0 saturated carbocycles. The van der Waals surface area contributed by atoms with Crippen LogP contribution in [0.2, 0.25) is 0 Å². The molecule has 25 heavy (non-hydrogen) atoms. The number of rotatable bonds is 3. The molecule has 3 rings (SSSR count). The number of nitrogens with one attached hydrogen (secondary N) is 1. The van der Waals surface area contributed by atoms with Gasteiger partial charge in [-0.3, -0.25) is 9.59 Å². The molecule has 0 atom stereocenters. The highest BCUT2D eigenvalue weighted by Gasteiger charge is 2.17. The number of benzene rings is 2. The number of likely N-dealkylation sites (tertiary alicyclic amines) is 1. The van der Waals surface area contributed by atoms with Crippen molar-refractivity contribution in [3.05, 3.63) is 59.7 Å². The molecule has 0 bridgehead atoms. The minimum atomic E-state index is -0.202. The molecule has 1 aliphatic rings. The Balaban J connectivity index is 1.64. The molecular formula is C20H23N3O2. The lowest BCUT2D eigenvalue weighted by Crippen LogP contribution is -2.31. The summed E-state index contributed by atoms with van der Waals surface area (Å²) in [5.74, 6) is -0.134. The maximum absolute atomic E-state index is 12.6. The van der Waals surface area contributed by atoms with Crippen molar-refractivity contribution in [1.29, 1.82) is 0 Å². The Bertz CT molecular complexity index is 731. The van der Waals surface area contributed by atoms with Crippen LogP contribution in [-0.4, -0.2) is 29.8 Å². The summed E-state index contributed by atoms with van der Waals surface area (Å²) in [6.07, 6.45) is 4.53. The summed E-state index contributed by atoms with van der Waals surface area (Å²) in [6, 6.07) is 13.8. The van der Waals surface area contributed by atoms with Crippen LogP contribution in [0.25, 0.3) is 0 Å². The average Bonchev–Trinajstić information content (AvgIpc) is 2.92. The van der Waals surface area contributed by atoms with Crippen molar-refractivity contribution in [3.8, 4) is 0 Å². The fourth-order valence-electron chi connectivity index (χ4n) is 2.99. The van der Waals surface area contributed by atoms with Crippen LogP contribution in [0.5, 0.6) is 0 Å². The van der Waals surface area contributed by atoms with Gasteiger partial charge in [-0.25, -0.2) is 0 Å². The van der Waals surface area contributed by atoms with Crippen LogP contribution in [-0.2, 0) is 0 Å². The Hall–Kier alpha value is -2.82. The highest BCUT2D eigenvalue weighted by Crippen LogP contribution is 2.16. The Labute approximate surface area is 147 Å². The number of nitrogens with two attached hydrogens (primary N) is 1. The maximum Gasteiger partial charge on any atom is 0.255 e. The van der Waals surface area contributed by atoms with Crippen molar-refractivity contribution >= 4 is 23.2 Å². The monoisotopic (exact) mass is 337 g/mol. The van der Waals surface area contributed by atoms with E-state index in [4.69, 9.17) is 5.73 Å². The van der Waals surface area contributed by atoms with E-state index < -0.39 is 0 Å². The van der Waals surface area contributed by atoms with Gasteiger partial charge in [-0.15, -0.1) is 0 Å². The molecule has 3 N–H and O–H groups in total. The lowest BCUT2D eigenvalue weighted by molar-refractivity contribution is 0.0761. The van der Waals surface area contributed by atoms with Crippen LogP contribution in [0, 0.1) is 0 Å². The van der Waals surface area contributed by atoms with Gasteiger partial charge in [-0.1, -0.05) is 12.8 Å². The smallest absolute Gasteiger partial charge is 0.255 e. The molecule has 5 nitrogen and oxygen atoms in total. The van der Waals surface area contributed by atoms with Crippen molar-refractivity contribution < 1.29 is 9.59 Å². The third kappa shape index (κ3) is 4.38. The summed E-state index contributed by atoms with van der Waals surface area (Å²) >= 11 is 0. The Morgan fingerprint density at radius 1 is 0.800 bits per heavy atom. The molecule has 1 fully saturated rings. The third-order valence-corrected chi connectivity index (χ3v) is 4.46. The highest BCUT2D eigenvalue weighted by molar-refractivity contribution is 6.04. The van der Waals surface area contributed by atoms with E-state index in [0.29, 0.717) is 22.5 Å². The van der Waals surface area contributed by atoms with Gasteiger partial charge in [0, 0.05) is 35.6 Å². The van der Waals surface area contributed by atoms with Gasteiger partial charge in [0.15, 0.2) is 0 Å². The second-order valence-electron chi connectivity index (χ2n) is 6.36. The van der Waals surface area contributed by atoms with Crippen LogP contribution < -0.4 is 11.1 Å². The fraction of sp³-hybridized carbons (Fsp3) is 0.300. The molecule has 0 unspecified atom stereocenters. The summed E-state index contributed by atoms with van der Waals surface area (Å²) in [5.41, 5.74) is 8.11. The summed E-state index contributed by atoms with van der Waals surface area (Å²) < 4.78 is 0. The molecule has 1 saturated heterocycles. The molecule has 0 radical (unpaired) electrons. The number of nitrogens with zero attached hydrogens (tertiary/aromatic N) is 1. The van der Waals surface area contributed by atoms with Crippen LogP contribution >= 0.6 is 0 Å². The van der Waals surface area contributed by atoms with Gasteiger partial charge in [0.2, 0.25) is 0 Å². The number of hydrogen-bond acceptors (Lipinski definition) is 3. The van der Waals surface area contributed by atoms with Crippen molar-refractivity contribution in [2.45, 2.75) is 25.7 Å². The first-order valence-electron chi connectivity index (χ1n) is 8.70. The standard InChI is InChI=1S/C20H23N3O2/c21-17-9-5-15(6-10-17)19(24)22-18-11-7-16(8-12-18)20(25)23-13-3-1-2-4-14-23/h5-12H,1-4,13-14,21H2,(H,22,24). The SMILES string of the molecule is Nc1ccc(C(=O)Nc2ccc(C(=O)N3CCCCCC3)cc2)cc1. The van der Waals surface area contributed by atoms with Crippen molar-refractivity contribution in [3.63, 3.8) is 0 Å². The number of amides is 2. The average molecular weight is 337 g/mol. The van der Waals surface area contributed by atoms with Gasteiger partial charge in [0.1, 0.15) is 0 Å². The quantitative estimate of drug-likeness (QED) is 0.841. The Kier molecular flexibility index (Phi) is 5.33. The largest absolute Gasteiger partial charge is 0.399 e. The van der Waals surface area contributed by atoms with Crippen LogP contribution in [0.4, 0.5) is 11.4 Å². The van der Waals surface area contributed by atoms with E-state index in [9.17, 15) is 9.59 Å². The zero-order chi connectivity index (χ0) is 17.6. The lowest BCUT2D eigenvalue weighted by Gasteiger charge is -2.20. The molecule has 1 aliphatic heterocycles. The van der Waals surface area contributed by atoms with E-state index in [1.165, 1.54) is 12.8 Å². The van der Waals surface area contributed by atoms with Gasteiger partial charge in [0.05, 0.1) is 0 Å². The fourth-order valence-corrected chi connectivity index (χ4v) is 2.99. The van der Waals surface area contributed by atoms with Crippen molar-refractivity contribution in [1.82, 2.24) is 4.90 Å². The van der Waals surface area contributed by atoms with E-state index >= 15 is 0 Å². The van der Waals surface area contributed by atoms with Crippen LogP contribution in [0.15, 0.2) is 48.5 Å². The first-order valence-corrected chi connectivity index (χ1v) is 8.70. The van der Waals surface area contributed by atoms with Crippen LogP contribution in [0.1, 0.15) is 46.4 Å². The van der Waals surface area contributed by atoms with E-state index in [-0.39, 0.29) is 11.8 Å². The first-order chi connectivity index (χ1) is 12.1. The second kappa shape index (κ2) is 7.83. The van der Waals surface area contributed by atoms with Gasteiger partial charge < -0.3 is 16.0 Å². The molecule has 1 heterocycles. The van der Waals surface area contributed by atoms with Gasteiger partial charge in [-0.05, 0) is 61.4 Å². The minimum absolute atomic E-state index is 0.0679. The second-order valence-corrected chi connectivity index (χ2v) is 6.36. The summed E-state index contributed by atoms with van der Waals surface area (Å²) in [6.45, 7) is 1.66. The molecular weight excluding hydrogens is 314 g/mol. The predicted octanol–water partition coefficient (Wildman–Crippen LogP) is 3.54. The highest BCUT2D eigenvalue weighted by atomic mass is 16.2. The van der Waals surface area contributed by atoms with Crippen molar-refractivity contribution in [2.24, 2.45) is 0 Å². The normalized spacial score (nSPS) is 14.6. The maximum atomic E-state index is 12.6. The third-order valence-electron chi connectivity index (χ3n) is 4.46. The molecule has 130 valence electrons. The summed E-state index contributed by atoms with van der Waals surface area (Å²) in [5, 5.41) is 2.83. The molecule has 2 aromatic rings. The zero-order valence-corrected chi connectivity index (χ0v) is 14.2. The van der Waals surface area contributed by atoms with Gasteiger partial charge in [0.25, 0.3) is 11.8 Å². The number of carbonyl (C=O) groups excluding carboxylic acids is 2. The van der Waals surface area contributed by atoms with E-state index in [0.717, 1.165) is 25.9 Å². The lowest BCUT2D eigenvalue weighted by atomic mass is 10.1. The predicted molar refractivity (Wildman–Crippen MR) is 99.6 cm³/mol. The van der Waals surface area contributed by atoms with Crippen molar-refractivity contribution in [2.75, 3.05) is 24.1 Å². The number of nitrogen functional groups attached to an aromatic ring is 1. The topological polar surface area (TPSA) is 75.4 Å². The van der Waals surface area contributed by atoms with E-state index in [1.807, 2.05) is 4.90 Å². The zero-order valence-electron chi connectivity index (χ0n) is 14.2. The number of hydrogen-bond donors (Lipinski definition) is 2. The molecule has 0 aromatic heterocycles. The summed E-state index contributed by atoms with van der Waals surface area (Å²) in [7, 11) is 0. The van der Waals surface area contributed by atoms with E-state index in [2.05, 4.69) is 5.32 Å². The number of carbonyl (C=O) groups is 2.